The zero-order valence-electron chi connectivity index (χ0n) is 19.1. The number of nitrogens with one attached hydrogen (secondary N) is 1. The van der Waals surface area contributed by atoms with Crippen LogP contribution in [0.15, 0.2) is 35.9 Å². The Bertz CT molecular complexity index is 1090. The number of nitriles is 1. The smallest absolute Gasteiger partial charge is 0.266 e. The lowest BCUT2D eigenvalue weighted by molar-refractivity contribution is -0.112. The molecule has 1 heterocycles. The highest BCUT2D eigenvalue weighted by Gasteiger charge is 2.35. The van der Waals surface area contributed by atoms with Gasteiger partial charge in [-0.2, -0.15) is 5.26 Å². The molecule has 0 bridgehead atoms. The summed E-state index contributed by atoms with van der Waals surface area (Å²) in [5.74, 6) is -0.0385. The molecule has 2 aromatic carbocycles. The molecule has 0 fully saturated rings. The van der Waals surface area contributed by atoms with Crippen LogP contribution in [0.4, 0.5) is 11.4 Å². The summed E-state index contributed by atoms with van der Waals surface area (Å²) in [5.41, 5.74) is 6.00. The van der Waals surface area contributed by atoms with Crippen LogP contribution in [0.25, 0.3) is 6.08 Å². The largest absolute Gasteiger partial charge is 0.366 e. The Morgan fingerprint density at radius 3 is 2.71 bits per heavy atom. The summed E-state index contributed by atoms with van der Waals surface area (Å²) in [6.45, 7) is 13.8. The molecule has 0 aromatic heterocycles. The molecule has 2 aromatic rings. The summed E-state index contributed by atoms with van der Waals surface area (Å²) in [4.78, 5) is 15.3. The maximum Gasteiger partial charge on any atom is 0.266 e. The van der Waals surface area contributed by atoms with E-state index in [0.29, 0.717) is 16.6 Å². The Morgan fingerprint density at radius 1 is 1.35 bits per heavy atom. The van der Waals surface area contributed by atoms with Gasteiger partial charge in [-0.15, -0.1) is 0 Å². The van der Waals surface area contributed by atoms with E-state index in [4.69, 9.17) is 11.6 Å². The highest BCUT2D eigenvalue weighted by molar-refractivity contribution is 6.31. The summed E-state index contributed by atoms with van der Waals surface area (Å²) in [5, 5.41) is 13.1. The fraction of sp³-hybridized carbons (Fsp3) is 0.385. The molecule has 5 heteroatoms. The molecule has 0 unspecified atom stereocenters. The third-order valence-corrected chi connectivity index (χ3v) is 6.68. The van der Waals surface area contributed by atoms with E-state index in [2.05, 4.69) is 56.1 Å². The van der Waals surface area contributed by atoms with E-state index >= 15 is 0 Å². The summed E-state index contributed by atoms with van der Waals surface area (Å²) in [6.07, 6.45) is 2.74. The third-order valence-electron chi connectivity index (χ3n) is 6.27. The van der Waals surface area contributed by atoms with Gasteiger partial charge < -0.3 is 10.2 Å². The number of rotatable bonds is 4. The first-order valence-corrected chi connectivity index (χ1v) is 11.1. The average Bonchev–Trinajstić information content (AvgIpc) is 2.69. The minimum Gasteiger partial charge on any atom is -0.366 e. The lowest BCUT2D eigenvalue weighted by Gasteiger charge is -2.47. The molecule has 1 aliphatic heterocycles. The number of amides is 1. The number of carbonyl (C=O) groups is 1. The van der Waals surface area contributed by atoms with Crippen LogP contribution < -0.4 is 10.2 Å². The molecule has 1 amide bonds. The zero-order valence-corrected chi connectivity index (χ0v) is 19.9. The van der Waals surface area contributed by atoms with Gasteiger partial charge in [-0.25, -0.2) is 0 Å². The van der Waals surface area contributed by atoms with Gasteiger partial charge in [0.25, 0.3) is 5.91 Å². The second-order valence-electron chi connectivity index (χ2n) is 8.97. The first kappa shape index (κ1) is 22.9. The van der Waals surface area contributed by atoms with Crippen molar-refractivity contribution in [1.82, 2.24) is 0 Å². The lowest BCUT2D eigenvalue weighted by Crippen LogP contribution is -2.48. The van der Waals surface area contributed by atoms with Gasteiger partial charge in [0.1, 0.15) is 11.6 Å². The summed E-state index contributed by atoms with van der Waals surface area (Å²) >= 11 is 6.15. The van der Waals surface area contributed by atoms with Crippen LogP contribution in [0.2, 0.25) is 5.02 Å². The van der Waals surface area contributed by atoms with Crippen LogP contribution in [0.3, 0.4) is 0 Å². The molecule has 1 atom stereocenters. The number of nitrogens with zero attached hydrogens (tertiary/aromatic N) is 2. The topological polar surface area (TPSA) is 56.1 Å². The highest BCUT2D eigenvalue weighted by Crippen LogP contribution is 2.44. The molecular weight excluding hydrogens is 406 g/mol. The molecule has 31 heavy (non-hydrogen) atoms. The van der Waals surface area contributed by atoms with E-state index < -0.39 is 5.91 Å². The van der Waals surface area contributed by atoms with E-state index in [0.717, 1.165) is 29.7 Å². The molecule has 0 spiro atoms. The second-order valence-corrected chi connectivity index (χ2v) is 9.37. The molecular formula is C26H30ClN3O. The van der Waals surface area contributed by atoms with Gasteiger partial charge >= 0.3 is 0 Å². The number of halogens is 1. The predicted octanol–water partition coefficient (Wildman–Crippen LogP) is 6.61. The quantitative estimate of drug-likeness (QED) is 0.434. The number of anilines is 2. The minimum absolute atomic E-state index is 0.0681. The number of fused-ring (bicyclic) bond motifs is 1. The summed E-state index contributed by atoms with van der Waals surface area (Å²) in [6, 6.07) is 11.7. The number of aryl methyl sites for hydroxylation is 1. The monoisotopic (exact) mass is 435 g/mol. The van der Waals surface area contributed by atoms with Crippen molar-refractivity contribution in [3.63, 3.8) is 0 Å². The Morgan fingerprint density at radius 2 is 2.06 bits per heavy atom. The van der Waals surface area contributed by atoms with Gasteiger partial charge in [0.05, 0.1) is 0 Å². The molecule has 0 saturated heterocycles. The van der Waals surface area contributed by atoms with Crippen molar-refractivity contribution in [2.75, 3.05) is 16.8 Å². The van der Waals surface area contributed by atoms with E-state index in [1.165, 1.54) is 11.3 Å². The zero-order chi connectivity index (χ0) is 22.9. The van der Waals surface area contributed by atoms with Crippen molar-refractivity contribution in [3.05, 3.63) is 63.2 Å². The van der Waals surface area contributed by atoms with Gasteiger partial charge in [-0.05, 0) is 99.6 Å². The second kappa shape index (κ2) is 8.77. The fourth-order valence-electron chi connectivity index (χ4n) is 4.64. The van der Waals surface area contributed by atoms with Crippen LogP contribution in [0, 0.1) is 25.2 Å². The highest BCUT2D eigenvalue weighted by atomic mass is 35.5. The van der Waals surface area contributed by atoms with Crippen molar-refractivity contribution < 1.29 is 4.79 Å². The lowest BCUT2D eigenvalue weighted by atomic mass is 9.79. The molecule has 3 rings (SSSR count). The van der Waals surface area contributed by atoms with Gasteiger partial charge in [0, 0.05) is 28.5 Å². The normalized spacial score (nSPS) is 17.7. The van der Waals surface area contributed by atoms with Crippen LogP contribution in [-0.4, -0.2) is 18.0 Å². The van der Waals surface area contributed by atoms with Crippen molar-refractivity contribution in [2.24, 2.45) is 0 Å². The van der Waals surface area contributed by atoms with Crippen molar-refractivity contribution in [1.29, 1.82) is 5.26 Å². The molecule has 1 N–H and O–H groups in total. The number of benzene rings is 2. The first-order valence-electron chi connectivity index (χ1n) is 10.7. The van der Waals surface area contributed by atoms with Gasteiger partial charge in [-0.3, -0.25) is 4.79 Å². The third kappa shape index (κ3) is 4.48. The standard InChI is InChI=1S/C26H30ClN3O/c1-7-30-24-11-16(2)19(13-21(24)17(3)14-26(30,5)6)12-20(15-28)25(31)29-23-10-8-9-22(27)18(23)4/h8-13,17H,7,14H2,1-6H3,(H,29,31)/b20-12-/t17-/m0/s1. The van der Waals surface area contributed by atoms with E-state index in [1.54, 1.807) is 24.3 Å². The van der Waals surface area contributed by atoms with Gasteiger partial charge in [0.2, 0.25) is 0 Å². The van der Waals surface area contributed by atoms with Crippen LogP contribution >= 0.6 is 11.6 Å². The Balaban J connectivity index is 1.98. The van der Waals surface area contributed by atoms with E-state index in [1.807, 2.05) is 13.8 Å². The number of hydrogen-bond acceptors (Lipinski definition) is 3. The molecule has 0 saturated carbocycles. The van der Waals surface area contributed by atoms with Crippen LogP contribution in [0.5, 0.6) is 0 Å². The van der Waals surface area contributed by atoms with E-state index in [9.17, 15) is 10.1 Å². The first-order chi connectivity index (χ1) is 14.6. The van der Waals surface area contributed by atoms with Crippen molar-refractivity contribution in [2.45, 2.75) is 59.4 Å². The van der Waals surface area contributed by atoms with Crippen LogP contribution in [-0.2, 0) is 4.79 Å². The molecule has 0 aliphatic carbocycles. The summed E-state index contributed by atoms with van der Waals surface area (Å²) < 4.78 is 0. The van der Waals surface area contributed by atoms with Crippen LogP contribution in [0.1, 0.15) is 62.3 Å². The van der Waals surface area contributed by atoms with Gasteiger partial charge in [-0.1, -0.05) is 24.6 Å². The summed E-state index contributed by atoms with van der Waals surface area (Å²) in [7, 11) is 0. The maximum atomic E-state index is 12.8. The number of hydrogen-bond donors (Lipinski definition) is 1. The van der Waals surface area contributed by atoms with Gasteiger partial charge in [0.15, 0.2) is 0 Å². The molecule has 1 aliphatic rings. The number of carbonyl (C=O) groups excluding carboxylic acids is 1. The van der Waals surface area contributed by atoms with Crippen molar-refractivity contribution in [3.8, 4) is 6.07 Å². The fourth-order valence-corrected chi connectivity index (χ4v) is 4.82. The Labute approximate surface area is 190 Å². The molecule has 0 radical (unpaired) electrons. The molecule has 4 nitrogen and oxygen atoms in total. The Hall–Kier alpha value is -2.77. The minimum atomic E-state index is -0.436. The van der Waals surface area contributed by atoms with Crippen molar-refractivity contribution >= 4 is 35.0 Å². The van der Waals surface area contributed by atoms with E-state index in [-0.39, 0.29) is 11.1 Å². The predicted molar refractivity (Wildman–Crippen MR) is 130 cm³/mol. The SMILES string of the molecule is CCN1c2cc(C)c(/C=C(/C#N)C(=O)Nc3cccc(Cl)c3C)cc2[C@@H](C)CC1(C)C. The average molecular weight is 436 g/mol. The molecule has 162 valence electrons. The Kier molecular flexibility index (Phi) is 6.48. The maximum absolute atomic E-state index is 12.8.